The maximum atomic E-state index is 11.7. The van der Waals surface area contributed by atoms with Gasteiger partial charge in [0.2, 0.25) is 10.0 Å². The van der Waals surface area contributed by atoms with Crippen molar-refractivity contribution >= 4 is 15.7 Å². The van der Waals surface area contributed by atoms with Crippen LogP contribution in [0.15, 0.2) is 24.3 Å². The van der Waals surface area contributed by atoms with Crippen molar-refractivity contribution in [1.29, 1.82) is 0 Å². The summed E-state index contributed by atoms with van der Waals surface area (Å²) in [6.07, 6.45) is 0.547. The lowest BCUT2D eigenvalue weighted by Crippen LogP contribution is -2.30. The summed E-state index contributed by atoms with van der Waals surface area (Å²) in [6, 6.07) is 6.92. The van der Waals surface area contributed by atoms with Crippen molar-refractivity contribution in [2.24, 2.45) is 0 Å². The third kappa shape index (κ3) is 7.86. The number of anilines is 1. The molecule has 0 atom stereocenters. The molecule has 1 rings (SSSR count). The van der Waals surface area contributed by atoms with Crippen LogP contribution in [0, 0.1) is 0 Å². The van der Waals surface area contributed by atoms with E-state index in [9.17, 15) is 8.42 Å². The normalized spacial score (nSPS) is 11.5. The Labute approximate surface area is 125 Å². The molecule has 7 nitrogen and oxygen atoms in total. The first-order chi connectivity index (χ1) is 10.0. The summed E-state index contributed by atoms with van der Waals surface area (Å²) in [6.45, 7) is 0.955. The number of nitrogen functional groups attached to an aromatic ring is 1. The monoisotopic (exact) mass is 318 g/mol. The van der Waals surface area contributed by atoms with Gasteiger partial charge in [-0.15, -0.1) is 0 Å². The van der Waals surface area contributed by atoms with Crippen LogP contribution < -0.4 is 15.2 Å². The zero-order valence-electron chi connectivity index (χ0n) is 11.8. The second kappa shape index (κ2) is 9.56. The fourth-order valence-electron chi connectivity index (χ4n) is 1.51. The summed E-state index contributed by atoms with van der Waals surface area (Å²) in [5.41, 5.74) is 6.16. The molecule has 0 saturated carbocycles. The molecule has 1 aromatic carbocycles. The van der Waals surface area contributed by atoms with E-state index >= 15 is 0 Å². The fourth-order valence-corrected chi connectivity index (χ4v) is 2.42. The van der Waals surface area contributed by atoms with Crippen LogP contribution in [0.3, 0.4) is 0 Å². The lowest BCUT2D eigenvalue weighted by Gasteiger charge is -2.10. The Morgan fingerprint density at radius 2 is 1.95 bits per heavy atom. The number of para-hydroxylation sites is 2. The first kappa shape index (κ1) is 17.7. The summed E-state index contributed by atoms with van der Waals surface area (Å²) in [5, 5.41) is 8.50. The number of nitrogens with one attached hydrogen (secondary N) is 1. The summed E-state index contributed by atoms with van der Waals surface area (Å²) in [4.78, 5) is 0. The highest BCUT2D eigenvalue weighted by molar-refractivity contribution is 7.89. The molecule has 21 heavy (non-hydrogen) atoms. The van der Waals surface area contributed by atoms with E-state index in [4.69, 9.17) is 20.3 Å². The number of benzene rings is 1. The van der Waals surface area contributed by atoms with Crippen molar-refractivity contribution in [3.63, 3.8) is 0 Å². The lowest BCUT2D eigenvalue weighted by molar-refractivity contribution is 0.0913. The number of rotatable bonds is 11. The summed E-state index contributed by atoms with van der Waals surface area (Å²) >= 11 is 0. The lowest BCUT2D eigenvalue weighted by atomic mass is 10.3. The number of aliphatic hydroxyl groups is 1. The van der Waals surface area contributed by atoms with Crippen LogP contribution in [0.5, 0.6) is 5.75 Å². The zero-order valence-corrected chi connectivity index (χ0v) is 12.6. The van der Waals surface area contributed by atoms with Crippen molar-refractivity contribution in [1.82, 2.24) is 4.72 Å². The van der Waals surface area contributed by atoms with Crippen molar-refractivity contribution in [3.05, 3.63) is 24.3 Å². The molecular weight excluding hydrogens is 296 g/mol. The molecule has 0 bridgehead atoms. The van der Waals surface area contributed by atoms with E-state index in [0.717, 1.165) is 0 Å². The van der Waals surface area contributed by atoms with Crippen LogP contribution in [-0.2, 0) is 14.8 Å². The number of ether oxygens (including phenoxy) is 2. The molecule has 0 heterocycles. The molecule has 1 aromatic rings. The quantitative estimate of drug-likeness (QED) is 0.390. The summed E-state index contributed by atoms with van der Waals surface area (Å²) < 4.78 is 36.2. The first-order valence-electron chi connectivity index (χ1n) is 6.68. The SMILES string of the molecule is Nc1ccccc1OCCS(=O)(=O)NCCCOCCO. The van der Waals surface area contributed by atoms with Gasteiger partial charge >= 0.3 is 0 Å². The average molecular weight is 318 g/mol. The molecule has 0 aliphatic heterocycles. The molecule has 120 valence electrons. The molecule has 0 saturated heterocycles. The molecule has 0 amide bonds. The Morgan fingerprint density at radius 1 is 1.19 bits per heavy atom. The minimum Gasteiger partial charge on any atom is -0.490 e. The standard InChI is InChI=1S/C13H22N2O5S/c14-12-4-1-2-5-13(12)20-10-11-21(17,18)15-6-3-8-19-9-7-16/h1-2,4-5,15-16H,3,6-11,14H2. The highest BCUT2D eigenvalue weighted by atomic mass is 32.2. The van der Waals surface area contributed by atoms with E-state index in [1.807, 2.05) is 0 Å². The molecular formula is C13H22N2O5S. The predicted molar refractivity (Wildman–Crippen MR) is 80.7 cm³/mol. The highest BCUT2D eigenvalue weighted by Crippen LogP contribution is 2.19. The Bertz CT molecular complexity index is 507. The van der Waals surface area contributed by atoms with Gasteiger partial charge in [0.05, 0.1) is 24.7 Å². The van der Waals surface area contributed by atoms with Crippen LogP contribution in [0.2, 0.25) is 0 Å². The molecule has 4 N–H and O–H groups in total. The third-order valence-electron chi connectivity index (χ3n) is 2.55. The molecule has 0 aliphatic carbocycles. The number of sulfonamides is 1. The summed E-state index contributed by atoms with van der Waals surface area (Å²) in [7, 11) is -3.38. The Kier molecular flexibility index (Phi) is 8.06. The summed E-state index contributed by atoms with van der Waals surface area (Å²) in [5.74, 6) is 0.337. The minimum atomic E-state index is -3.38. The van der Waals surface area contributed by atoms with Gasteiger partial charge in [-0.3, -0.25) is 0 Å². The van der Waals surface area contributed by atoms with E-state index in [1.54, 1.807) is 24.3 Å². The van der Waals surface area contributed by atoms with Gasteiger partial charge in [-0.2, -0.15) is 0 Å². The minimum absolute atomic E-state index is 0.0323. The molecule has 0 aromatic heterocycles. The number of hydrogen-bond donors (Lipinski definition) is 3. The van der Waals surface area contributed by atoms with Crippen LogP contribution in [-0.4, -0.2) is 52.2 Å². The van der Waals surface area contributed by atoms with Crippen molar-refractivity contribution < 1.29 is 23.0 Å². The van der Waals surface area contributed by atoms with Crippen molar-refractivity contribution in [3.8, 4) is 5.75 Å². The van der Waals surface area contributed by atoms with Gasteiger partial charge in [0.15, 0.2) is 0 Å². The van der Waals surface area contributed by atoms with Crippen LogP contribution in [0.25, 0.3) is 0 Å². The van der Waals surface area contributed by atoms with Gasteiger partial charge in [-0.1, -0.05) is 12.1 Å². The van der Waals surface area contributed by atoms with Gasteiger partial charge in [-0.05, 0) is 18.6 Å². The average Bonchev–Trinajstić information content (AvgIpc) is 2.45. The van der Waals surface area contributed by atoms with Crippen molar-refractivity contribution in [2.45, 2.75) is 6.42 Å². The fraction of sp³-hybridized carbons (Fsp3) is 0.538. The largest absolute Gasteiger partial charge is 0.490 e. The zero-order chi connectivity index (χ0) is 15.6. The Hall–Kier alpha value is -1.35. The maximum absolute atomic E-state index is 11.7. The van der Waals surface area contributed by atoms with Crippen LogP contribution in [0.1, 0.15) is 6.42 Å². The molecule has 0 unspecified atom stereocenters. The first-order valence-corrected chi connectivity index (χ1v) is 8.33. The smallest absolute Gasteiger partial charge is 0.214 e. The Morgan fingerprint density at radius 3 is 2.67 bits per heavy atom. The second-order valence-corrected chi connectivity index (χ2v) is 6.22. The number of aliphatic hydroxyl groups excluding tert-OH is 1. The predicted octanol–water partition coefficient (Wildman–Crippen LogP) is -0.0340. The van der Waals surface area contributed by atoms with Gasteiger partial charge in [0.1, 0.15) is 12.4 Å². The van der Waals surface area contributed by atoms with Crippen molar-refractivity contribution in [2.75, 3.05) is 44.5 Å². The highest BCUT2D eigenvalue weighted by Gasteiger charge is 2.10. The number of nitrogens with two attached hydrogens (primary N) is 1. The Balaban J connectivity index is 2.19. The van der Waals surface area contributed by atoms with E-state index < -0.39 is 10.0 Å². The van der Waals surface area contributed by atoms with Gasteiger partial charge < -0.3 is 20.3 Å². The van der Waals surface area contributed by atoms with E-state index in [1.165, 1.54) is 0 Å². The molecule has 0 radical (unpaired) electrons. The van der Waals surface area contributed by atoms with Gasteiger partial charge in [0.25, 0.3) is 0 Å². The van der Waals surface area contributed by atoms with E-state index in [0.29, 0.717) is 31.0 Å². The third-order valence-corrected chi connectivity index (χ3v) is 3.90. The van der Waals surface area contributed by atoms with Gasteiger partial charge in [-0.25, -0.2) is 13.1 Å². The van der Waals surface area contributed by atoms with Gasteiger partial charge in [0, 0.05) is 13.2 Å². The molecule has 8 heteroatoms. The van der Waals surface area contributed by atoms with Crippen LogP contribution in [0.4, 0.5) is 5.69 Å². The molecule has 0 aliphatic rings. The van der Waals surface area contributed by atoms with E-state index in [2.05, 4.69) is 4.72 Å². The molecule has 0 fully saturated rings. The molecule has 0 spiro atoms. The second-order valence-electron chi connectivity index (χ2n) is 4.29. The topological polar surface area (TPSA) is 111 Å². The van der Waals surface area contributed by atoms with Crippen LogP contribution >= 0.6 is 0 Å². The van der Waals surface area contributed by atoms with E-state index in [-0.39, 0.29) is 25.6 Å². The number of hydrogen-bond acceptors (Lipinski definition) is 6. The maximum Gasteiger partial charge on any atom is 0.214 e.